The van der Waals surface area contributed by atoms with Gasteiger partial charge in [-0.2, -0.15) is 0 Å². The van der Waals surface area contributed by atoms with Gasteiger partial charge in [0.15, 0.2) is 9.84 Å². The van der Waals surface area contributed by atoms with E-state index >= 15 is 0 Å². The van der Waals surface area contributed by atoms with Crippen molar-refractivity contribution in [2.45, 2.75) is 25.2 Å². The van der Waals surface area contributed by atoms with E-state index in [0.717, 1.165) is 11.1 Å². The molecule has 0 atom stereocenters. The monoisotopic (exact) mass is 331 g/mol. The van der Waals surface area contributed by atoms with E-state index in [1.807, 2.05) is 25.1 Å². The van der Waals surface area contributed by atoms with Crippen LogP contribution in [0.15, 0.2) is 53.4 Å². The summed E-state index contributed by atoms with van der Waals surface area (Å²) < 4.78 is 23.5. The van der Waals surface area contributed by atoms with Gasteiger partial charge in [-0.3, -0.25) is 4.79 Å². The molecule has 0 bridgehead atoms. The third-order valence-corrected chi connectivity index (χ3v) is 5.39. The zero-order valence-electron chi connectivity index (χ0n) is 13.4. The Hall–Kier alpha value is -2.14. The van der Waals surface area contributed by atoms with Gasteiger partial charge in [-0.1, -0.05) is 36.8 Å². The van der Waals surface area contributed by atoms with E-state index in [1.54, 1.807) is 37.3 Å². The van der Waals surface area contributed by atoms with Crippen molar-refractivity contribution in [3.8, 4) is 0 Å². The third-order valence-electron chi connectivity index (χ3n) is 3.64. The van der Waals surface area contributed by atoms with Gasteiger partial charge in [0.05, 0.1) is 10.6 Å². The number of sulfone groups is 1. The first kappa shape index (κ1) is 17.2. The molecular formula is C18H21NO3S. The summed E-state index contributed by atoms with van der Waals surface area (Å²) in [5, 5.41) is 2.87. The second-order valence-corrected chi connectivity index (χ2v) is 7.70. The Balaban J connectivity index is 1.90. The van der Waals surface area contributed by atoms with Crippen LogP contribution in [0.2, 0.25) is 0 Å². The summed E-state index contributed by atoms with van der Waals surface area (Å²) in [7, 11) is -3.16. The Morgan fingerprint density at radius 1 is 1.09 bits per heavy atom. The van der Waals surface area contributed by atoms with Crippen LogP contribution < -0.4 is 5.32 Å². The summed E-state index contributed by atoms with van der Waals surface area (Å²) in [6.07, 6.45) is 0.657. The normalized spacial score (nSPS) is 11.2. The molecule has 0 aromatic heterocycles. The quantitative estimate of drug-likeness (QED) is 0.885. The van der Waals surface area contributed by atoms with E-state index in [4.69, 9.17) is 0 Å². The predicted molar refractivity (Wildman–Crippen MR) is 91.4 cm³/mol. The summed E-state index contributed by atoms with van der Waals surface area (Å²) in [5.74, 6) is -0.00213. The summed E-state index contributed by atoms with van der Waals surface area (Å²) in [6.45, 7) is 4.08. The van der Waals surface area contributed by atoms with Crippen LogP contribution in [0.3, 0.4) is 0 Å². The molecule has 0 spiro atoms. The summed E-state index contributed by atoms with van der Waals surface area (Å²) in [4.78, 5) is 12.4. The van der Waals surface area contributed by atoms with E-state index in [-0.39, 0.29) is 11.7 Å². The average molecular weight is 331 g/mol. The Kier molecular flexibility index (Phi) is 5.55. The van der Waals surface area contributed by atoms with Crippen LogP contribution in [0.4, 0.5) is 0 Å². The highest BCUT2D eigenvalue weighted by Gasteiger charge is 2.10. The maximum Gasteiger partial charge on any atom is 0.251 e. The van der Waals surface area contributed by atoms with E-state index in [1.165, 1.54) is 0 Å². The smallest absolute Gasteiger partial charge is 0.251 e. The molecule has 0 aliphatic heterocycles. The highest BCUT2D eigenvalue weighted by molar-refractivity contribution is 7.91. The minimum Gasteiger partial charge on any atom is -0.352 e. The van der Waals surface area contributed by atoms with Gasteiger partial charge in [0, 0.05) is 12.1 Å². The minimum absolute atomic E-state index is 0.0961. The van der Waals surface area contributed by atoms with Crippen LogP contribution in [-0.4, -0.2) is 26.6 Å². The zero-order chi connectivity index (χ0) is 16.9. The zero-order valence-corrected chi connectivity index (χ0v) is 14.2. The first-order chi connectivity index (χ1) is 10.9. The van der Waals surface area contributed by atoms with Gasteiger partial charge in [0.1, 0.15) is 0 Å². The lowest BCUT2D eigenvalue weighted by Gasteiger charge is -2.07. The van der Waals surface area contributed by atoms with Gasteiger partial charge >= 0.3 is 0 Å². The molecule has 0 saturated carbocycles. The minimum atomic E-state index is -3.16. The fraction of sp³-hybridized carbons (Fsp3) is 0.278. The van der Waals surface area contributed by atoms with Gasteiger partial charge in [-0.25, -0.2) is 8.42 Å². The van der Waals surface area contributed by atoms with Crippen molar-refractivity contribution in [3.05, 3.63) is 65.2 Å². The molecule has 0 radical (unpaired) electrons. The van der Waals surface area contributed by atoms with Gasteiger partial charge in [0.2, 0.25) is 0 Å². The lowest BCUT2D eigenvalue weighted by molar-refractivity contribution is 0.0954. The molecule has 0 heterocycles. The number of carbonyl (C=O) groups excluding carboxylic acids is 1. The molecule has 2 rings (SSSR count). The molecule has 5 heteroatoms. The number of hydrogen-bond acceptors (Lipinski definition) is 3. The molecule has 1 amide bonds. The Bertz CT molecular complexity index is 780. The molecule has 0 aliphatic rings. The number of carbonyl (C=O) groups is 1. The first-order valence-corrected chi connectivity index (χ1v) is 9.24. The Morgan fingerprint density at radius 3 is 2.39 bits per heavy atom. The van der Waals surface area contributed by atoms with E-state index < -0.39 is 9.84 Å². The molecule has 2 aromatic rings. The fourth-order valence-corrected chi connectivity index (χ4v) is 3.12. The van der Waals surface area contributed by atoms with Crippen molar-refractivity contribution < 1.29 is 13.2 Å². The standard InChI is InChI=1S/C18H21NO3S/c1-3-23(21,22)17-9-7-15(8-10-17)11-12-19-18(20)16-6-4-5-14(2)13-16/h4-10,13H,3,11-12H2,1-2H3,(H,19,20). The van der Waals surface area contributed by atoms with Gasteiger partial charge in [-0.15, -0.1) is 0 Å². The molecule has 122 valence electrons. The highest BCUT2D eigenvalue weighted by atomic mass is 32.2. The van der Waals surface area contributed by atoms with E-state index in [9.17, 15) is 13.2 Å². The molecule has 4 nitrogen and oxygen atoms in total. The summed E-state index contributed by atoms with van der Waals surface area (Å²) in [5.41, 5.74) is 2.68. The molecule has 2 aromatic carbocycles. The first-order valence-electron chi connectivity index (χ1n) is 7.59. The number of aryl methyl sites for hydroxylation is 1. The van der Waals surface area contributed by atoms with Crippen molar-refractivity contribution in [2.75, 3.05) is 12.3 Å². The van der Waals surface area contributed by atoms with Crippen LogP contribution >= 0.6 is 0 Å². The van der Waals surface area contributed by atoms with Crippen molar-refractivity contribution in [3.63, 3.8) is 0 Å². The number of rotatable bonds is 6. The fourth-order valence-electron chi connectivity index (χ4n) is 2.24. The van der Waals surface area contributed by atoms with Gasteiger partial charge < -0.3 is 5.32 Å². The molecule has 0 saturated heterocycles. The lowest BCUT2D eigenvalue weighted by Crippen LogP contribution is -2.25. The second-order valence-electron chi connectivity index (χ2n) is 5.42. The summed E-state index contributed by atoms with van der Waals surface area (Å²) in [6, 6.07) is 14.3. The van der Waals surface area contributed by atoms with Crippen molar-refractivity contribution >= 4 is 15.7 Å². The Morgan fingerprint density at radius 2 is 1.78 bits per heavy atom. The number of amides is 1. The molecule has 0 unspecified atom stereocenters. The largest absolute Gasteiger partial charge is 0.352 e. The lowest BCUT2D eigenvalue weighted by atomic mass is 10.1. The molecular weight excluding hydrogens is 310 g/mol. The molecule has 23 heavy (non-hydrogen) atoms. The predicted octanol–water partition coefficient (Wildman–Crippen LogP) is 2.76. The maximum atomic E-state index is 12.0. The van der Waals surface area contributed by atoms with E-state index in [2.05, 4.69) is 5.32 Å². The number of nitrogens with one attached hydrogen (secondary N) is 1. The molecule has 0 fully saturated rings. The van der Waals surface area contributed by atoms with Crippen molar-refractivity contribution in [1.29, 1.82) is 0 Å². The van der Waals surface area contributed by atoms with Crippen LogP contribution in [0.1, 0.15) is 28.4 Å². The average Bonchev–Trinajstić information content (AvgIpc) is 2.55. The van der Waals surface area contributed by atoms with E-state index in [0.29, 0.717) is 23.4 Å². The van der Waals surface area contributed by atoms with Crippen LogP contribution in [0.25, 0.3) is 0 Å². The van der Waals surface area contributed by atoms with Crippen molar-refractivity contribution in [1.82, 2.24) is 5.32 Å². The Labute approximate surface area is 137 Å². The number of benzene rings is 2. The van der Waals surface area contributed by atoms with Crippen LogP contribution in [-0.2, 0) is 16.3 Å². The van der Waals surface area contributed by atoms with Gasteiger partial charge in [-0.05, 0) is 43.2 Å². The topological polar surface area (TPSA) is 63.2 Å². The highest BCUT2D eigenvalue weighted by Crippen LogP contribution is 2.12. The maximum absolute atomic E-state index is 12.0. The SMILES string of the molecule is CCS(=O)(=O)c1ccc(CCNC(=O)c2cccc(C)c2)cc1. The number of hydrogen-bond donors (Lipinski definition) is 1. The van der Waals surface area contributed by atoms with Crippen molar-refractivity contribution in [2.24, 2.45) is 0 Å². The third kappa shape index (κ3) is 4.66. The van der Waals surface area contributed by atoms with Crippen LogP contribution in [0.5, 0.6) is 0 Å². The summed E-state index contributed by atoms with van der Waals surface area (Å²) >= 11 is 0. The molecule has 0 aliphatic carbocycles. The second kappa shape index (κ2) is 7.42. The van der Waals surface area contributed by atoms with Gasteiger partial charge in [0.25, 0.3) is 5.91 Å². The molecule has 1 N–H and O–H groups in total. The van der Waals surface area contributed by atoms with Crippen LogP contribution in [0, 0.1) is 6.92 Å².